The van der Waals surface area contributed by atoms with Crippen LogP contribution in [0.15, 0.2) is 77.0 Å². The molecule has 6 aliphatic carbocycles. The minimum atomic E-state index is -4.25. The van der Waals surface area contributed by atoms with Gasteiger partial charge >= 0.3 is 0 Å². The van der Waals surface area contributed by atoms with Crippen LogP contribution in [-0.2, 0) is 16.3 Å². The number of nitrogens with zero attached hydrogens (tertiary/aromatic N) is 4. The summed E-state index contributed by atoms with van der Waals surface area (Å²) < 4.78 is 34.2. The van der Waals surface area contributed by atoms with Crippen LogP contribution in [0.3, 0.4) is 0 Å². The lowest BCUT2D eigenvalue weighted by atomic mass is 9.39. The van der Waals surface area contributed by atoms with Gasteiger partial charge in [0.25, 0.3) is 5.69 Å². The summed E-state index contributed by atoms with van der Waals surface area (Å²) in [6, 6.07) is 13.2. The molecule has 2 aromatic carbocycles. The Balaban J connectivity index is 0.842. The van der Waals surface area contributed by atoms with E-state index in [1.807, 2.05) is 24.3 Å². The second-order valence-electron chi connectivity index (χ2n) is 21.1. The van der Waals surface area contributed by atoms with Gasteiger partial charge in [-0.3, -0.25) is 19.8 Å². The number of allylic oxidation sites excluding steroid dienone is 1. The summed E-state index contributed by atoms with van der Waals surface area (Å²) in [6.45, 7) is 9.17. The number of piperazine rings is 1. The number of halogens is 1. The quantitative estimate of drug-likeness (QED) is 0.0431. The normalized spacial score (nSPS) is 25.7. The van der Waals surface area contributed by atoms with Crippen LogP contribution < -0.4 is 9.64 Å². The number of ketones is 1. The van der Waals surface area contributed by atoms with Crippen molar-refractivity contribution in [3.05, 3.63) is 93.3 Å². The molecular weight excluding hydrogens is 834 g/mol. The predicted molar refractivity (Wildman–Crippen MR) is 247 cm³/mol. The summed E-state index contributed by atoms with van der Waals surface area (Å²) in [7, 11) is -4.25. The first-order valence-electron chi connectivity index (χ1n) is 23.2. The number of anilines is 1. The van der Waals surface area contributed by atoms with Crippen molar-refractivity contribution < 1.29 is 22.9 Å². The Labute approximate surface area is 376 Å². The molecule has 334 valence electrons. The highest BCUT2D eigenvalue weighted by Crippen LogP contribution is 2.75. The third-order valence-corrected chi connectivity index (χ3v) is 17.9. The Morgan fingerprint density at radius 3 is 2.48 bits per heavy atom. The molecule has 63 heavy (non-hydrogen) atoms. The first-order valence-corrected chi connectivity index (χ1v) is 25.3. The summed E-state index contributed by atoms with van der Waals surface area (Å²) >= 11 is 6.76. The monoisotopic (exact) mass is 893 g/mol. The Morgan fingerprint density at radius 2 is 1.75 bits per heavy atom. The van der Waals surface area contributed by atoms with Crippen molar-refractivity contribution in [3.63, 3.8) is 0 Å². The van der Waals surface area contributed by atoms with Crippen molar-refractivity contribution in [2.45, 2.75) is 120 Å². The lowest BCUT2D eigenvalue weighted by Gasteiger charge is -2.70. The molecule has 1 N–H and O–H groups in total. The minimum Gasteiger partial charge on any atom is -0.455 e. The van der Waals surface area contributed by atoms with Gasteiger partial charge in [0.15, 0.2) is 15.6 Å². The van der Waals surface area contributed by atoms with E-state index < -0.39 is 26.3 Å². The number of benzene rings is 2. The average molecular weight is 895 g/mol. The van der Waals surface area contributed by atoms with Crippen LogP contribution in [0.1, 0.15) is 120 Å². The van der Waals surface area contributed by atoms with E-state index in [-0.39, 0.29) is 26.8 Å². The van der Waals surface area contributed by atoms with Crippen molar-refractivity contribution in [1.29, 1.82) is 0 Å². The molecule has 1 saturated heterocycles. The molecule has 6 fully saturated rings. The number of sulfone groups is 1. The maximum absolute atomic E-state index is 14.1. The molecule has 1 aliphatic heterocycles. The van der Waals surface area contributed by atoms with Gasteiger partial charge in [0, 0.05) is 72.6 Å². The maximum atomic E-state index is 14.1. The van der Waals surface area contributed by atoms with Gasteiger partial charge in [-0.25, -0.2) is 13.4 Å². The Bertz CT molecular complexity index is 2580. The highest BCUT2D eigenvalue weighted by Gasteiger charge is 2.69. The minimum absolute atomic E-state index is 0.0515. The zero-order chi connectivity index (χ0) is 43.8. The summed E-state index contributed by atoms with van der Waals surface area (Å²) in [5.41, 5.74) is 6.47. The number of alkyl halides is 1. The standard InChI is InChI=1S/C50H60ClN5O6S/c1-47(2)16-12-37(42(27-47)49-31-50(51,32-49)33-49)29-54-18-20-55(21-19-54)38-9-11-41(45(23-38)62-39-22-36-13-17-52-46(36)53-28-39)44(57)30-63(60,61)40-10-8-35(43(24-40)56(58)59)7-6-34-25-48(26-34)14-4-3-5-15-48/h8-11,13,17,22-24,28,34H,3-7,12,14-16,18-21,25-27,29-33H2,1-2H3,(H,52,53). The highest BCUT2D eigenvalue weighted by atomic mass is 35.5. The predicted octanol–water partition coefficient (Wildman–Crippen LogP) is 11.0. The van der Waals surface area contributed by atoms with Gasteiger partial charge in [0.05, 0.1) is 21.6 Å². The number of fused-ring (bicyclic) bond motifs is 1. The van der Waals surface area contributed by atoms with Gasteiger partial charge in [-0.05, 0) is 130 Å². The molecule has 7 aliphatic rings. The molecule has 3 heterocycles. The number of hydrogen-bond acceptors (Lipinski definition) is 9. The summed E-state index contributed by atoms with van der Waals surface area (Å²) in [5.74, 6) is -0.335. The number of Topliss-reactive ketones (excluding diaryl/α,β-unsaturated/α-hetero) is 1. The van der Waals surface area contributed by atoms with Gasteiger partial charge in [0.2, 0.25) is 0 Å². The van der Waals surface area contributed by atoms with E-state index in [1.165, 1.54) is 63.9 Å². The Kier molecular flexibility index (Phi) is 10.8. The zero-order valence-corrected chi connectivity index (χ0v) is 38.3. The van der Waals surface area contributed by atoms with E-state index >= 15 is 0 Å². The second kappa shape index (κ2) is 16.0. The van der Waals surface area contributed by atoms with E-state index in [0.29, 0.717) is 45.5 Å². The molecule has 0 radical (unpaired) electrons. The molecule has 0 amide bonds. The SMILES string of the molecule is CC1(C)CCC(CN2CCN(c3ccc(C(=O)CS(=O)(=O)c4ccc(CCC5CC6(CCCCC6)C5)c([N+](=O)[O-])c4)c(Oc4cnc5[nH]ccc5c4)c3)CC2)=C(C23CC(Cl)(C2)C3)C1. The number of hydrogen-bond donors (Lipinski definition) is 1. The summed E-state index contributed by atoms with van der Waals surface area (Å²) in [6.07, 6.45) is 20.5. The largest absolute Gasteiger partial charge is 0.455 e. The molecule has 11 rings (SSSR count). The van der Waals surface area contributed by atoms with E-state index in [9.17, 15) is 23.3 Å². The van der Waals surface area contributed by atoms with Gasteiger partial charge in [-0.15, -0.1) is 11.6 Å². The second-order valence-corrected chi connectivity index (χ2v) is 23.9. The van der Waals surface area contributed by atoms with Crippen LogP contribution in [0.25, 0.3) is 11.0 Å². The molecule has 2 bridgehead atoms. The van der Waals surface area contributed by atoms with E-state index in [0.717, 1.165) is 82.0 Å². The van der Waals surface area contributed by atoms with Crippen LogP contribution in [0.2, 0.25) is 0 Å². The molecule has 2 aromatic heterocycles. The third kappa shape index (κ3) is 8.45. The Hall–Kier alpha value is -4.26. The van der Waals surface area contributed by atoms with Crippen molar-refractivity contribution >= 4 is 49.6 Å². The topological polar surface area (TPSA) is 139 Å². The van der Waals surface area contributed by atoms with Gasteiger partial charge < -0.3 is 14.6 Å². The van der Waals surface area contributed by atoms with Crippen molar-refractivity contribution in [3.8, 4) is 11.5 Å². The lowest BCUT2D eigenvalue weighted by molar-refractivity contribution is -0.385. The molecule has 0 atom stereocenters. The maximum Gasteiger partial charge on any atom is 0.273 e. The number of rotatable bonds is 14. The van der Waals surface area contributed by atoms with E-state index in [1.54, 1.807) is 35.7 Å². The first kappa shape index (κ1) is 42.7. The van der Waals surface area contributed by atoms with Crippen molar-refractivity contribution in [2.24, 2.45) is 22.2 Å². The Morgan fingerprint density at radius 1 is 0.984 bits per heavy atom. The fraction of sp³-hybridized carbons (Fsp3) is 0.560. The number of aromatic nitrogens is 2. The van der Waals surface area contributed by atoms with E-state index in [2.05, 4.69) is 33.6 Å². The zero-order valence-electron chi connectivity index (χ0n) is 36.7. The average Bonchev–Trinajstić information content (AvgIpc) is 3.70. The number of H-pyrrole nitrogens is 1. The third-order valence-electron chi connectivity index (χ3n) is 15.9. The van der Waals surface area contributed by atoms with Crippen LogP contribution in [-0.4, -0.2) is 77.3 Å². The molecule has 11 nitrogen and oxygen atoms in total. The van der Waals surface area contributed by atoms with Crippen molar-refractivity contribution in [2.75, 3.05) is 43.4 Å². The van der Waals surface area contributed by atoms with Crippen LogP contribution in [0.5, 0.6) is 11.5 Å². The summed E-state index contributed by atoms with van der Waals surface area (Å²) in [4.78, 5) is 38.1. The number of pyridine rings is 1. The molecule has 5 saturated carbocycles. The number of aromatic amines is 1. The van der Waals surface area contributed by atoms with Gasteiger partial charge in [-0.1, -0.05) is 50.3 Å². The lowest BCUT2D eigenvalue weighted by Crippen LogP contribution is -2.65. The number of carbonyl (C=O) groups is 1. The fourth-order valence-electron chi connectivity index (χ4n) is 12.5. The number of nitro groups is 1. The molecule has 0 unspecified atom stereocenters. The van der Waals surface area contributed by atoms with Crippen LogP contribution >= 0.6 is 11.6 Å². The number of carbonyl (C=O) groups excluding carboxylic acids is 1. The van der Waals surface area contributed by atoms with E-state index in [4.69, 9.17) is 16.3 Å². The first-order chi connectivity index (χ1) is 30.1. The number of nitrogens with one attached hydrogen (secondary N) is 1. The van der Waals surface area contributed by atoms with Gasteiger partial charge in [0.1, 0.15) is 22.9 Å². The molecule has 1 spiro atoms. The van der Waals surface area contributed by atoms with Crippen LogP contribution in [0.4, 0.5) is 11.4 Å². The number of ether oxygens (including phenoxy) is 1. The smallest absolute Gasteiger partial charge is 0.273 e. The van der Waals surface area contributed by atoms with Gasteiger partial charge in [-0.2, -0.15) is 0 Å². The number of nitro benzene ring substituents is 1. The molecule has 4 aromatic rings. The number of aryl methyl sites for hydroxylation is 1. The molecule has 13 heteroatoms. The van der Waals surface area contributed by atoms with Crippen LogP contribution in [0, 0.1) is 32.3 Å². The fourth-order valence-corrected chi connectivity index (χ4v) is 14.5. The molecular formula is C50H60ClN5O6S. The highest BCUT2D eigenvalue weighted by molar-refractivity contribution is 7.92. The summed E-state index contributed by atoms with van der Waals surface area (Å²) in [5, 5.41) is 13.1. The van der Waals surface area contributed by atoms with Crippen molar-refractivity contribution in [1.82, 2.24) is 14.9 Å².